The van der Waals surface area contributed by atoms with Crippen LogP contribution in [0.4, 0.5) is 0 Å². The van der Waals surface area contributed by atoms with Gasteiger partial charge in [0.05, 0.1) is 24.8 Å². The standard InChI is InChI=1S/C39H51N3O4/c1-6-10-12-27(8-3)14-15-29-16-22-33(35(43)24-29)38-40-37(30-17-19-31(45-5)20-18-30)41-39(42-38)34-23-21-32(25-36(34)44)46-26-28(9-4)13-11-7-2/h16-25,27-28,43-44H,6-15,26H2,1-5H3. The summed E-state index contributed by atoms with van der Waals surface area (Å²) in [5, 5.41) is 22.3. The number of hydrogen-bond donors (Lipinski definition) is 2. The number of unbranched alkanes of at least 4 members (excludes halogenated alkanes) is 2. The van der Waals surface area contributed by atoms with Crippen molar-refractivity contribution in [3.8, 4) is 57.2 Å². The van der Waals surface area contributed by atoms with Gasteiger partial charge < -0.3 is 19.7 Å². The van der Waals surface area contributed by atoms with Gasteiger partial charge in [-0.25, -0.2) is 15.0 Å². The van der Waals surface area contributed by atoms with Crippen LogP contribution >= 0.6 is 0 Å². The molecule has 4 rings (SSSR count). The van der Waals surface area contributed by atoms with E-state index in [0.717, 1.165) is 42.6 Å². The molecule has 2 N–H and O–H groups in total. The van der Waals surface area contributed by atoms with Gasteiger partial charge in [0.2, 0.25) is 0 Å². The maximum atomic E-state index is 11.2. The zero-order valence-corrected chi connectivity index (χ0v) is 28.3. The Bertz CT molecular complexity index is 1430. The molecular weight excluding hydrogens is 574 g/mol. The van der Waals surface area contributed by atoms with E-state index in [1.165, 1.54) is 38.5 Å². The van der Waals surface area contributed by atoms with Gasteiger partial charge in [-0.2, -0.15) is 0 Å². The maximum absolute atomic E-state index is 11.2. The number of phenolic OH excluding ortho intramolecular Hbond substituents is 2. The molecule has 7 nitrogen and oxygen atoms in total. The molecule has 0 aliphatic carbocycles. The van der Waals surface area contributed by atoms with Crippen molar-refractivity contribution in [2.45, 2.75) is 91.9 Å². The van der Waals surface area contributed by atoms with Crippen molar-refractivity contribution < 1.29 is 19.7 Å². The van der Waals surface area contributed by atoms with Crippen LogP contribution in [-0.4, -0.2) is 38.9 Å². The van der Waals surface area contributed by atoms with Crippen LogP contribution in [0, 0.1) is 11.8 Å². The van der Waals surface area contributed by atoms with Gasteiger partial charge >= 0.3 is 0 Å². The number of phenols is 2. The van der Waals surface area contributed by atoms with Crippen LogP contribution in [0.1, 0.15) is 91.0 Å². The lowest BCUT2D eigenvalue weighted by atomic mass is 9.92. The fourth-order valence-corrected chi connectivity index (χ4v) is 5.73. The summed E-state index contributed by atoms with van der Waals surface area (Å²) in [5.74, 6) is 3.70. The molecule has 0 saturated carbocycles. The van der Waals surface area contributed by atoms with Crippen molar-refractivity contribution in [3.63, 3.8) is 0 Å². The third kappa shape index (κ3) is 9.44. The van der Waals surface area contributed by atoms with Crippen molar-refractivity contribution in [3.05, 3.63) is 66.2 Å². The molecule has 0 spiro atoms. The second-order valence-corrected chi connectivity index (χ2v) is 12.2. The van der Waals surface area contributed by atoms with Crippen LogP contribution in [0.15, 0.2) is 60.7 Å². The van der Waals surface area contributed by atoms with Gasteiger partial charge in [-0.15, -0.1) is 0 Å². The fraction of sp³-hybridized carbons (Fsp3) is 0.462. The lowest BCUT2D eigenvalue weighted by Crippen LogP contribution is -2.11. The zero-order valence-electron chi connectivity index (χ0n) is 28.3. The largest absolute Gasteiger partial charge is 0.507 e. The number of methoxy groups -OCH3 is 1. The molecule has 0 fully saturated rings. The molecular formula is C39H51N3O4. The van der Waals surface area contributed by atoms with Gasteiger partial charge in [0.25, 0.3) is 0 Å². The van der Waals surface area contributed by atoms with Gasteiger partial charge in [0, 0.05) is 11.6 Å². The number of aryl methyl sites for hydroxylation is 1. The Balaban J connectivity index is 1.65. The average Bonchev–Trinajstić information content (AvgIpc) is 3.08. The highest BCUT2D eigenvalue weighted by Gasteiger charge is 2.18. The SMILES string of the molecule is CCCCC(CC)CCc1ccc(-c2nc(-c3ccc(OC)cc3)nc(-c3ccc(OCC(CC)CCCC)cc3O)n2)c(O)c1. The molecule has 0 radical (unpaired) electrons. The number of aromatic hydroxyl groups is 2. The highest BCUT2D eigenvalue weighted by atomic mass is 16.5. The molecule has 46 heavy (non-hydrogen) atoms. The summed E-state index contributed by atoms with van der Waals surface area (Å²) in [5.41, 5.74) is 2.82. The van der Waals surface area contributed by atoms with E-state index in [1.807, 2.05) is 48.5 Å². The predicted octanol–water partition coefficient (Wildman–Crippen LogP) is 10.0. The van der Waals surface area contributed by atoms with Crippen molar-refractivity contribution in [2.75, 3.05) is 13.7 Å². The number of hydrogen-bond acceptors (Lipinski definition) is 7. The van der Waals surface area contributed by atoms with E-state index in [-0.39, 0.29) is 11.5 Å². The van der Waals surface area contributed by atoms with Crippen molar-refractivity contribution in [1.29, 1.82) is 0 Å². The van der Waals surface area contributed by atoms with Gasteiger partial charge in [-0.05, 0) is 85.2 Å². The second-order valence-electron chi connectivity index (χ2n) is 12.2. The van der Waals surface area contributed by atoms with Crippen LogP contribution in [0.25, 0.3) is 34.2 Å². The van der Waals surface area contributed by atoms with Gasteiger partial charge in [0.15, 0.2) is 17.5 Å². The first-order valence-electron chi connectivity index (χ1n) is 17.1. The van der Waals surface area contributed by atoms with Crippen LogP contribution in [-0.2, 0) is 6.42 Å². The molecule has 1 heterocycles. The van der Waals surface area contributed by atoms with Crippen LogP contribution in [0.3, 0.4) is 0 Å². The second kappa shape index (κ2) is 17.5. The Labute approximate surface area is 275 Å². The van der Waals surface area contributed by atoms with Crippen molar-refractivity contribution in [2.24, 2.45) is 11.8 Å². The molecule has 0 aliphatic heterocycles. The highest BCUT2D eigenvalue weighted by molar-refractivity contribution is 5.72. The number of aromatic nitrogens is 3. The summed E-state index contributed by atoms with van der Waals surface area (Å²) < 4.78 is 11.4. The number of ether oxygens (including phenoxy) is 2. The normalized spacial score (nSPS) is 12.5. The Kier molecular flexibility index (Phi) is 13.2. The molecule has 0 aliphatic rings. The van der Waals surface area contributed by atoms with E-state index in [4.69, 9.17) is 24.4 Å². The van der Waals surface area contributed by atoms with Crippen molar-refractivity contribution >= 4 is 0 Å². The maximum Gasteiger partial charge on any atom is 0.167 e. The molecule has 246 valence electrons. The molecule has 0 saturated heterocycles. The predicted molar refractivity (Wildman–Crippen MR) is 186 cm³/mol. The first-order valence-corrected chi connectivity index (χ1v) is 17.1. The smallest absolute Gasteiger partial charge is 0.167 e. The van der Waals surface area contributed by atoms with E-state index in [2.05, 4.69) is 27.7 Å². The monoisotopic (exact) mass is 625 g/mol. The third-order valence-corrected chi connectivity index (χ3v) is 8.91. The van der Waals surface area contributed by atoms with Crippen LogP contribution in [0.5, 0.6) is 23.0 Å². The van der Waals surface area contributed by atoms with Gasteiger partial charge in [0.1, 0.15) is 23.0 Å². The first-order chi connectivity index (χ1) is 22.4. The van der Waals surface area contributed by atoms with E-state index < -0.39 is 0 Å². The van der Waals surface area contributed by atoms with E-state index in [0.29, 0.717) is 52.8 Å². The fourth-order valence-electron chi connectivity index (χ4n) is 5.73. The summed E-state index contributed by atoms with van der Waals surface area (Å²) in [7, 11) is 1.62. The Morgan fingerprint density at radius 2 is 1.20 bits per heavy atom. The topological polar surface area (TPSA) is 97.6 Å². The summed E-state index contributed by atoms with van der Waals surface area (Å²) in [4.78, 5) is 14.3. The summed E-state index contributed by atoms with van der Waals surface area (Å²) in [6.45, 7) is 9.49. The van der Waals surface area contributed by atoms with E-state index >= 15 is 0 Å². The molecule has 0 bridgehead atoms. The minimum atomic E-state index is 0.0186. The first kappa shape index (κ1) is 34.7. The summed E-state index contributed by atoms with van der Waals surface area (Å²) in [6.07, 6.45) is 11.4. The zero-order chi connectivity index (χ0) is 32.9. The number of benzene rings is 3. The minimum absolute atomic E-state index is 0.0186. The molecule has 4 aromatic rings. The lowest BCUT2D eigenvalue weighted by molar-refractivity contribution is 0.232. The molecule has 7 heteroatoms. The molecule has 2 atom stereocenters. The molecule has 3 aromatic carbocycles. The minimum Gasteiger partial charge on any atom is -0.507 e. The molecule has 0 amide bonds. The Morgan fingerprint density at radius 3 is 1.76 bits per heavy atom. The number of rotatable bonds is 18. The summed E-state index contributed by atoms with van der Waals surface area (Å²) >= 11 is 0. The molecule has 2 unspecified atom stereocenters. The van der Waals surface area contributed by atoms with Gasteiger partial charge in [-0.1, -0.05) is 78.7 Å². The van der Waals surface area contributed by atoms with Crippen LogP contribution < -0.4 is 9.47 Å². The third-order valence-electron chi connectivity index (χ3n) is 8.91. The van der Waals surface area contributed by atoms with E-state index in [9.17, 15) is 10.2 Å². The Morgan fingerprint density at radius 1 is 0.630 bits per heavy atom. The highest BCUT2D eigenvalue weighted by Crippen LogP contribution is 2.35. The summed E-state index contributed by atoms with van der Waals surface area (Å²) in [6, 6.07) is 18.5. The van der Waals surface area contributed by atoms with Crippen LogP contribution in [0.2, 0.25) is 0 Å². The van der Waals surface area contributed by atoms with Crippen molar-refractivity contribution in [1.82, 2.24) is 15.0 Å². The number of nitrogens with zero attached hydrogens (tertiary/aromatic N) is 3. The van der Waals surface area contributed by atoms with Gasteiger partial charge in [-0.3, -0.25) is 0 Å². The molecule has 1 aromatic heterocycles. The quantitative estimate of drug-likeness (QED) is 0.114. The van der Waals surface area contributed by atoms with E-state index in [1.54, 1.807) is 19.2 Å². The Hall–Kier alpha value is -4.13. The average molecular weight is 626 g/mol. The lowest BCUT2D eigenvalue weighted by Gasteiger charge is -2.16.